The van der Waals surface area contributed by atoms with Gasteiger partial charge in [0.25, 0.3) is 5.56 Å². The van der Waals surface area contributed by atoms with Crippen molar-refractivity contribution < 1.29 is 0 Å². The van der Waals surface area contributed by atoms with Gasteiger partial charge in [0.1, 0.15) is 4.47 Å². The fourth-order valence-corrected chi connectivity index (χ4v) is 2.51. The minimum Gasteiger partial charge on any atom is -0.379 e. The van der Waals surface area contributed by atoms with E-state index in [1.807, 2.05) is 0 Å². The lowest BCUT2D eigenvalue weighted by atomic mass is 10.2. The molecule has 0 bridgehead atoms. The van der Waals surface area contributed by atoms with Gasteiger partial charge in [-0.05, 0) is 35.9 Å². The smallest absolute Gasteiger partial charge is 0.283 e. The van der Waals surface area contributed by atoms with E-state index in [0.29, 0.717) is 17.1 Å². The molecule has 2 rings (SSSR count). The standard InChI is InChI=1S/C12H17BrN4O/c1-3-5-17-12(18)11(13)10(7-14-17)15-9-4-6-16(2)8-9/h3,7,9,15H,1,4-6,8H2,2H3. The molecule has 0 amide bonds. The summed E-state index contributed by atoms with van der Waals surface area (Å²) in [6.45, 7) is 6.09. The van der Waals surface area contributed by atoms with Gasteiger partial charge < -0.3 is 10.2 Å². The van der Waals surface area contributed by atoms with Crippen LogP contribution in [-0.2, 0) is 6.54 Å². The molecule has 1 N–H and O–H groups in total. The third-order valence-electron chi connectivity index (χ3n) is 3.04. The quantitative estimate of drug-likeness (QED) is 0.852. The van der Waals surface area contributed by atoms with Gasteiger partial charge in [0.2, 0.25) is 0 Å². The summed E-state index contributed by atoms with van der Waals surface area (Å²) in [5.74, 6) is 0. The molecule has 1 unspecified atom stereocenters. The third kappa shape index (κ3) is 2.81. The van der Waals surface area contributed by atoms with Crippen molar-refractivity contribution in [2.45, 2.75) is 19.0 Å². The average Bonchev–Trinajstić information content (AvgIpc) is 2.75. The van der Waals surface area contributed by atoms with Crippen molar-refractivity contribution in [3.8, 4) is 0 Å². The predicted octanol–water partition coefficient (Wildman–Crippen LogP) is 1.31. The van der Waals surface area contributed by atoms with Crippen molar-refractivity contribution in [2.75, 3.05) is 25.5 Å². The summed E-state index contributed by atoms with van der Waals surface area (Å²) < 4.78 is 1.91. The van der Waals surface area contributed by atoms with Crippen LogP contribution in [0.1, 0.15) is 6.42 Å². The Labute approximate surface area is 115 Å². The first kappa shape index (κ1) is 13.3. The van der Waals surface area contributed by atoms with Crippen LogP contribution in [-0.4, -0.2) is 40.9 Å². The molecule has 6 heteroatoms. The summed E-state index contributed by atoms with van der Waals surface area (Å²) in [5, 5.41) is 7.48. The summed E-state index contributed by atoms with van der Waals surface area (Å²) in [6.07, 6.45) is 4.42. The van der Waals surface area contributed by atoms with Gasteiger partial charge in [0, 0.05) is 12.6 Å². The van der Waals surface area contributed by atoms with Crippen LogP contribution in [0.5, 0.6) is 0 Å². The lowest BCUT2D eigenvalue weighted by Crippen LogP contribution is -2.28. The Hall–Kier alpha value is -1.14. The van der Waals surface area contributed by atoms with Gasteiger partial charge in [-0.25, -0.2) is 4.68 Å². The van der Waals surface area contributed by atoms with E-state index in [2.05, 4.69) is 44.9 Å². The fraction of sp³-hybridized carbons (Fsp3) is 0.500. The molecule has 0 radical (unpaired) electrons. The van der Waals surface area contributed by atoms with Crippen molar-refractivity contribution in [3.63, 3.8) is 0 Å². The molecule has 1 aromatic rings. The van der Waals surface area contributed by atoms with Crippen molar-refractivity contribution >= 4 is 21.6 Å². The van der Waals surface area contributed by atoms with Crippen LogP contribution in [0.3, 0.4) is 0 Å². The lowest BCUT2D eigenvalue weighted by Gasteiger charge is -2.15. The number of anilines is 1. The third-order valence-corrected chi connectivity index (χ3v) is 3.80. The molecule has 98 valence electrons. The monoisotopic (exact) mass is 312 g/mol. The molecular weight excluding hydrogens is 296 g/mol. The van der Waals surface area contributed by atoms with Gasteiger partial charge >= 0.3 is 0 Å². The number of nitrogens with zero attached hydrogens (tertiary/aromatic N) is 3. The van der Waals surface area contributed by atoms with Gasteiger partial charge in [-0.1, -0.05) is 6.08 Å². The maximum absolute atomic E-state index is 12.0. The van der Waals surface area contributed by atoms with E-state index in [0.717, 1.165) is 25.2 Å². The van der Waals surface area contributed by atoms with Crippen molar-refractivity contribution in [3.05, 3.63) is 33.7 Å². The highest BCUT2D eigenvalue weighted by molar-refractivity contribution is 9.10. The van der Waals surface area contributed by atoms with Gasteiger partial charge in [0.15, 0.2) is 0 Å². The highest BCUT2D eigenvalue weighted by Gasteiger charge is 2.20. The molecule has 1 aliphatic rings. The second-order valence-electron chi connectivity index (χ2n) is 4.54. The summed E-state index contributed by atoms with van der Waals surface area (Å²) in [6, 6.07) is 0.378. The van der Waals surface area contributed by atoms with E-state index in [1.54, 1.807) is 12.3 Å². The van der Waals surface area contributed by atoms with Gasteiger partial charge in [-0.3, -0.25) is 4.79 Å². The molecule has 5 nitrogen and oxygen atoms in total. The molecular formula is C12H17BrN4O. The summed E-state index contributed by atoms with van der Waals surface area (Å²) in [5.41, 5.74) is 0.631. The van der Waals surface area contributed by atoms with E-state index >= 15 is 0 Å². The van der Waals surface area contributed by atoms with Crippen LogP contribution < -0.4 is 10.9 Å². The molecule has 1 aromatic heterocycles. The first-order valence-corrected chi connectivity index (χ1v) is 6.72. The first-order valence-electron chi connectivity index (χ1n) is 5.93. The minimum atomic E-state index is -0.133. The van der Waals surface area contributed by atoms with E-state index in [4.69, 9.17) is 0 Å². The predicted molar refractivity (Wildman–Crippen MR) is 75.9 cm³/mol. The molecule has 1 saturated heterocycles. The first-order chi connectivity index (χ1) is 8.61. The van der Waals surface area contributed by atoms with Gasteiger partial charge in [-0.15, -0.1) is 6.58 Å². The Morgan fingerprint density at radius 1 is 1.72 bits per heavy atom. The zero-order chi connectivity index (χ0) is 13.1. The normalized spacial score (nSPS) is 20.0. The highest BCUT2D eigenvalue weighted by Crippen LogP contribution is 2.20. The fourth-order valence-electron chi connectivity index (χ4n) is 2.09. The zero-order valence-corrected chi connectivity index (χ0v) is 12.0. The van der Waals surface area contributed by atoms with Crippen LogP contribution in [0.15, 0.2) is 28.1 Å². The van der Waals surface area contributed by atoms with Crippen LogP contribution in [0.25, 0.3) is 0 Å². The highest BCUT2D eigenvalue weighted by atomic mass is 79.9. The molecule has 1 atom stereocenters. The molecule has 0 spiro atoms. The van der Waals surface area contributed by atoms with E-state index < -0.39 is 0 Å². The number of halogens is 1. The van der Waals surface area contributed by atoms with Gasteiger partial charge in [0.05, 0.1) is 18.4 Å². The van der Waals surface area contributed by atoms with E-state index in [9.17, 15) is 4.79 Å². The average molecular weight is 313 g/mol. The Bertz CT molecular complexity index is 499. The van der Waals surface area contributed by atoms with E-state index in [1.165, 1.54) is 4.68 Å². The van der Waals surface area contributed by atoms with Crippen LogP contribution >= 0.6 is 15.9 Å². The molecule has 1 aliphatic heterocycles. The largest absolute Gasteiger partial charge is 0.379 e. The Kier molecular flexibility index (Phi) is 4.19. The lowest BCUT2D eigenvalue weighted by molar-refractivity contribution is 0.414. The maximum atomic E-state index is 12.0. The van der Waals surface area contributed by atoms with Crippen molar-refractivity contribution in [2.24, 2.45) is 0 Å². The number of allylic oxidation sites excluding steroid dienone is 1. The molecule has 2 heterocycles. The SMILES string of the molecule is C=CCn1ncc(NC2CCN(C)C2)c(Br)c1=O. The van der Waals surface area contributed by atoms with E-state index in [-0.39, 0.29) is 5.56 Å². The Morgan fingerprint density at radius 3 is 3.11 bits per heavy atom. The summed E-state index contributed by atoms with van der Waals surface area (Å²) in [7, 11) is 2.09. The van der Waals surface area contributed by atoms with Crippen LogP contribution in [0.4, 0.5) is 5.69 Å². The number of nitrogens with one attached hydrogen (secondary N) is 1. The van der Waals surface area contributed by atoms with Crippen molar-refractivity contribution in [1.29, 1.82) is 0 Å². The van der Waals surface area contributed by atoms with Gasteiger partial charge in [-0.2, -0.15) is 5.10 Å². The van der Waals surface area contributed by atoms with Crippen LogP contribution in [0.2, 0.25) is 0 Å². The summed E-state index contributed by atoms with van der Waals surface area (Å²) in [4.78, 5) is 14.2. The second kappa shape index (κ2) is 5.67. The molecule has 1 fully saturated rings. The number of rotatable bonds is 4. The second-order valence-corrected chi connectivity index (χ2v) is 5.33. The number of likely N-dealkylation sites (N-methyl/N-ethyl adjacent to an activating group) is 1. The molecule has 0 saturated carbocycles. The molecule has 18 heavy (non-hydrogen) atoms. The Balaban J connectivity index is 2.17. The zero-order valence-electron chi connectivity index (χ0n) is 10.4. The number of aromatic nitrogens is 2. The minimum absolute atomic E-state index is 0.133. The van der Waals surface area contributed by atoms with Crippen molar-refractivity contribution in [1.82, 2.24) is 14.7 Å². The molecule has 0 aromatic carbocycles. The van der Waals surface area contributed by atoms with Crippen LogP contribution in [0, 0.1) is 0 Å². The number of likely N-dealkylation sites (tertiary alicyclic amines) is 1. The molecule has 0 aliphatic carbocycles. The number of hydrogen-bond acceptors (Lipinski definition) is 4. The maximum Gasteiger partial charge on any atom is 0.283 e. The topological polar surface area (TPSA) is 50.2 Å². The number of hydrogen-bond donors (Lipinski definition) is 1. The Morgan fingerprint density at radius 2 is 2.50 bits per heavy atom. The summed E-state index contributed by atoms with van der Waals surface area (Å²) >= 11 is 3.34.